The fourth-order valence-corrected chi connectivity index (χ4v) is 3.12. The van der Waals surface area contributed by atoms with Crippen molar-refractivity contribution in [3.63, 3.8) is 0 Å². The van der Waals surface area contributed by atoms with Crippen LogP contribution in [0.3, 0.4) is 0 Å². The summed E-state index contributed by atoms with van der Waals surface area (Å²) in [5.41, 5.74) is -2.94. The molecular formula is C15H10ClF6NO. The summed E-state index contributed by atoms with van der Waals surface area (Å²) < 4.78 is 81.9. The Hall–Kier alpha value is -1.67. The van der Waals surface area contributed by atoms with Gasteiger partial charge in [-0.05, 0) is 18.2 Å². The second kappa shape index (κ2) is 5.70. The van der Waals surface area contributed by atoms with E-state index in [1.165, 1.54) is 0 Å². The van der Waals surface area contributed by atoms with E-state index in [0.29, 0.717) is 6.20 Å². The normalized spacial score (nSPS) is 24.1. The first kappa shape index (κ1) is 17.2. The molecule has 1 N–H and O–H groups in total. The van der Waals surface area contributed by atoms with Crippen molar-refractivity contribution in [1.29, 1.82) is 0 Å². The molecule has 2 nitrogen and oxygen atoms in total. The van der Waals surface area contributed by atoms with Crippen LogP contribution in [0, 0.1) is 5.82 Å². The number of halogens is 7. The number of alkyl halides is 5. The summed E-state index contributed by atoms with van der Waals surface area (Å²) in [6.45, 7) is 0. The van der Waals surface area contributed by atoms with E-state index in [2.05, 4.69) is 0 Å². The van der Waals surface area contributed by atoms with Crippen LogP contribution in [0.1, 0.15) is 35.5 Å². The van der Waals surface area contributed by atoms with E-state index in [4.69, 9.17) is 11.6 Å². The minimum Gasteiger partial charge on any atom is -0.385 e. The fourth-order valence-electron chi connectivity index (χ4n) is 2.90. The van der Waals surface area contributed by atoms with E-state index < -0.39 is 53.7 Å². The lowest BCUT2D eigenvalue weighted by Gasteiger charge is -2.27. The molecule has 0 aliphatic heterocycles. The Morgan fingerprint density at radius 3 is 2.42 bits per heavy atom. The molecule has 1 aromatic carbocycles. The van der Waals surface area contributed by atoms with Crippen LogP contribution >= 0.6 is 11.6 Å². The van der Waals surface area contributed by atoms with Gasteiger partial charge in [0.2, 0.25) is 0 Å². The molecule has 0 bridgehead atoms. The molecule has 0 spiro atoms. The zero-order chi connectivity index (χ0) is 17.8. The maximum Gasteiger partial charge on any atom is 0.418 e. The van der Waals surface area contributed by atoms with Crippen LogP contribution in [0.25, 0.3) is 5.69 Å². The van der Waals surface area contributed by atoms with Crippen LogP contribution in [0.5, 0.6) is 0 Å². The molecule has 3 rings (SSSR count). The van der Waals surface area contributed by atoms with Crippen molar-refractivity contribution in [1.82, 2.24) is 4.57 Å². The Morgan fingerprint density at radius 1 is 1.17 bits per heavy atom. The molecule has 0 amide bonds. The highest BCUT2D eigenvalue weighted by Crippen LogP contribution is 2.48. The molecule has 1 heterocycles. The fraction of sp³-hybridized carbons (Fsp3) is 0.333. The van der Waals surface area contributed by atoms with Crippen molar-refractivity contribution < 1.29 is 31.4 Å². The van der Waals surface area contributed by atoms with Crippen molar-refractivity contribution in [3.8, 4) is 5.69 Å². The molecule has 3 unspecified atom stereocenters. The van der Waals surface area contributed by atoms with Gasteiger partial charge in [-0.25, -0.2) is 13.2 Å². The number of aromatic nitrogens is 1. The van der Waals surface area contributed by atoms with Gasteiger partial charge in [0, 0.05) is 28.9 Å². The van der Waals surface area contributed by atoms with E-state index in [9.17, 15) is 31.4 Å². The lowest BCUT2D eigenvalue weighted by molar-refractivity contribution is -0.139. The lowest BCUT2D eigenvalue weighted by Crippen LogP contribution is -2.26. The molecule has 0 saturated carbocycles. The third kappa shape index (κ3) is 2.77. The molecule has 1 aromatic heterocycles. The Kier molecular flexibility index (Phi) is 4.08. The van der Waals surface area contributed by atoms with Crippen LogP contribution < -0.4 is 0 Å². The number of fused-ring (bicyclic) bond motifs is 1. The monoisotopic (exact) mass is 369 g/mol. The van der Waals surface area contributed by atoms with Crippen LogP contribution in [0.15, 0.2) is 24.4 Å². The van der Waals surface area contributed by atoms with Crippen molar-refractivity contribution >= 4 is 11.6 Å². The summed E-state index contributed by atoms with van der Waals surface area (Å²) in [5, 5.41) is 9.71. The quantitative estimate of drug-likeness (QED) is 0.697. The Balaban J connectivity index is 2.31. The van der Waals surface area contributed by atoms with Gasteiger partial charge in [-0.3, -0.25) is 0 Å². The van der Waals surface area contributed by atoms with Crippen LogP contribution in [0.2, 0.25) is 5.02 Å². The van der Waals surface area contributed by atoms with Crippen LogP contribution in [-0.2, 0) is 6.18 Å². The zero-order valence-electron chi connectivity index (χ0n) is 11.8. The lowest BCUT2D eigenvalue weighted by atomic mass is 9.89. The number of aliphatic hydroxyl groups excluding tert-OH is 1. The number of benzene rings is 1. The number of hydrogen-bond acceptors (Lipinski definition) is 1. The molecule has 1 aliphatic carbocycles. The summed E-state index contributed by atoms with van der Waals surface area (Å²) in [5.74, 6) is -0.830. The first-order valence-corrected chi connectivity index (χ1v) is 7.22. The number of rotatable bonds is 1. The van der Waals surface area contributed by atoms with Crippen molar-refractivity contribution in [2.75, 3.05) is 0 Å². The molecule has 0 fully saturated rings. The second-order valence-corrected chi connectivity index (χ2v) is 5.94. The van der Waals surface area contributed by atoms with Gasteiger partial charge in [-0.2, -0.15) is 13.2 Å². The third-order valence-electron chi connectivity index (χ3n) is 3.88. The van der Waals surface area contributed by atoms with Crippen molar-refractivity contribution in [2.24, 2.45) is 0 Å². The second-order valence-electron chi connectivity index (χ2n) is 5.50. The Morgan fingerprint density at radius 2 is 1.83 bits per heavy atom. The third-order valence-corrected chi connectivity index (χ3v) is 4.10. The first-order valence-electron chi connectivity index (χ1n) is 6.84. The van der Waals surface area contributed by atoms with E-state index in [0.717, 1.165) is 22.8 Å². The minimum absolute atomic E-state index is 0.101. The van der Waals surface area contributed by atoms with Gasteiger partial charge in [0.1, 0.15) is 24.3 Å². The van der Waals surface area contributed by atoms with E-state index in [-0.39, 0.29) is 10.7 Å². The maximum absolute atomic E-state index is 14.3. The average molecular weight is 370 g/mol. The molecule has 0 saturated heterocycles. The van der Waals surface area contributed by atoms with E-state index in [1.807, 2.05) is 0 Å². The summed E-state index contributed by atoms with van der Waals surface area (Å²) in [7, 11) is 0. The predicted molar refractivity (Wildman–Crippen MR) is 74.1 cm³/mol. The maximum atomic E-state index is 14.3. The van der Waals surface area contributed by atoms with Gasteiger partial charge in [0.25, 0.3) is 0 Å². The van der Waals surface area contributed by atoms with Gasteiger partial charge < -0.3 is 9.67 Å². The average Bonchev–Trinajstić information content (AvgIpc) is 2.85. The predicted octanol–water partition coefficient (Wildman–Crippen LogP) is 5.07. The Bertz CT molecular complexity index is 767. The molecule has 2 aromatic rings. The summed E-state index contributed by atoms with van der Waals surface area (Å²) in [6, 6.07) is 2.95. The molecule has 0 radical (unpaired) electrons. The number of aliphatic hydroxyl groups is 1. The summed E-state index contributed by atoms with van der Waals surface area (Å²) in [4.78, 5) is 0. The molecule has 9 heteroatoms. The van der Waals surface area contributed by atoms with Crippen molar-refractivity contribution in [3.05, 3.63) is 52.1 Å². The number of nitrogens with zero attached hydrogens (tertiary/aromatic N) is 1. The molecule has 3 atom stereocenters. The zero-order valence-corrected chi connectivity index (χ0v) is 12.5. The van der Waals surface area contributed by atoms with Crippen molar-refractivity contribution in [2.45, 2.75) is 31.0 Å². The summed E-state index contributed by atoms with van der Waals surface area (Å²) >= 11 is 5.69. The Labute approximate surface area is 137 Å². The van der Waals surface area contributed by atoms with Crippen LogP contribution in [0.4, 0.5) is 26.3 Å². The topological polar surface area (TPSA) is 25.2 Å². The standard InChI is InChI=1S/C15H10ClF6NO/c16-6-1-7(17)3-8(2-6)23-5-9(15(20,21)22)12-13(23)10(18)4-11(19)14(12)24/h1-3,5,10-11,14,24H,4H2. The van der Waals surface area contributed by atoms with Gasteiger partial charge in [-0.15, -0.1) is 0 Å². The largest absolute Gasteiger partial charge is 0.418 e. The highest BCUT2D eigenvalue weighted by molar-refractivity contribution is 6.30. The SMILES string of the molecule is OC1c2c(C(F)(F)F)cn(-c3cc(F)cc(Cl)c3)c2C(F)CC1F. The molecule has 24 heavy (non-hydrogen) atoms. The number of hydrogen-bond donors (Lipinski definition) is 1. The summed E-state index contributed by atoms with van der Waals surface area (Å²) in [6.07, 6.45) is -11.6. The molecule has 130 valence electrons. The molecule has 1 aliphatic rings. The first-order chi connectivity index (χ1) is 11.1. The smallest absolute Gasteiger partial charge is 0.385 e. The van der Waals surface area contributed by atoms with E-state index in [1.54, 1.807) is 0 Å². The van der Waals surface area contributed by atoms with Crippen LogP contribution in [-0.4, -0.2) is 15.8 Å². The van der Waals surface area contributed by atoms with E-state index >= 15 is 0 Å². The van der Waals surface area contributed by atoms with Gasteiger partial charge >= 0.3 is 6.18 Å². The van der Waals surface area contributed by atoms with Gasteiger partial charge in [-0.1, -0.05) is 11.6 Å². The van der Waals surface area contributed by atoms with Gasteiger partial charge in [0.15, 0.2) is 0 Å². The molecular weight excluding hydrogens is 360 g/mol. The minimum atomic E-state index is -4.94. The highest BCUT2D eigenvalue weighted by atomic mass is 35.5. The highest BCUT2D eigenvalue weighted by Gasteiger charge is 2.46. The van der Waals surface area contributed by atoms with Gasteiger partial charge in [0.05, 0.1) is 11.3 Å².